The lowest BCUT2D eigenvalue weighted by Crippen LogP contribution is -2.62. The molecule has 1 amide bonds. The maximum Gasteiger partial charge on any atom is 0.274 e. The van der Waals surface area contributed by atoms with Crippen molar-refractivity contribution in [2.24, 2.45) is 18.9 Å². The van der Waals surface area contributed by atoms with Gasteiger partial charge in [0.15, 0.2) is 0 Å². The Kier molecular flexibility index (Phi) is 4.71. The number of hydrogen-bond acceptors (Lipinski definition) is 3. The molecule has 3 fully saturated rings. The van der Waals surface area contributed by atoms with Gasteiger partial charge in [-0.15, -0.1) is 0 Å². The molecule has 3 aliphatic heterocycles. The number of aryl methyl sites for hydroxylation is 1. The normalized spacial score (nSPS) is 30.1. The van der Waals surface area contributed by atoms with Crippen LogP contribution in [0, 0.1) is 11.8 Å². The molecule has 0 saturated carbocycles. The van der Waals surface area contributed by atoms with Gasteiger partial charge in [0.1, 0.15) is 5.69 Å². The van der Waals surface area contributed by atoms with E-state index < -0.39 is 0 Å². The highest BCUT2D eigenvalue weighted by atomic mass is 16.2. The van der Waals surface area contributed by atoms with E-state index in [4.69, 9.17) is 0 Å². The summed E-state index contributed by atoms with van der Waals surface area (Å²) >= 11 is 0. The third kappa shape index (κ3) is 3.37. The molecule has 5 nitrogen and oxygen atoms in total. The molecule has 28 heavy (non-hydrogen) atoms. The molecule has 4 heterocycles. The number of carbonyl (C=O) groups excluding carboxylic acids is 1. The molecule has 0 spiro atoms. The number of nitrogens with zero attached hydrogens (tertiary/aromatic N) is 4. The lowest BCUT2D eigenvalue weighted by Gasteiger charge is -2.55. The molecular weight excluding hydrogens is 348 g/mol. The number of aromatic nitrogens is 2. The Balaban J connectivity index is 1.31. The Morgan fingerprint density at radius 2 is 1.96 bits per heavy atom. The summed E-state index contributed by atoms with van der Waals surface area (Å²) in [5.41, 5.74) is 2.04. The zero-order valence-electron chi connectivity index (χ0n) is 16.7. The molecule has 148 valence electrons. The molecule has 1 aromatic carbocycles. The first kappa shape index (κ1) is 17.9. The molecule has 0 radical (unpaired) electrons. The van der Waals surface area contributed by atoms with Gasteiger partial charge in [0, 0.05) is 45.0 Å². The number of rotatable bonds is 3. The quantitative estimate of drug-likeness (QED) is 0.825. The van der Waals surface area contributed by atoms with E-state index in [1.165, 1.54) is 31.2 Å². The van der Waals surface area contributed by atoms with Crippen LogP contribution in [0.15, 0.2) is 42.6 Å². The maximum absolute atomic E-state index is 12.9. The average molecular weight is 379 g/mol. The first-order valence-corrected chi connectivity index (χ1v) is 10.8. The first-order valence-electron chi connectivity index (χ1n) is 10.8. The van der Waals surface area contributed by atoms with Crippen LogP contribution in [0.3, 0.4) is 0 Å². The Morgan fingerprint density at radius 1 is 1.11 bits per heavy atom. The topological polar surface area (TPSA) is 41.4 Å². The van der Waals surface area contributed by atoms with Gasteiger partial charge in [0.25, 0.3) is 5.91 Å². The van der Waals surface area contributed by atoms with Crippen molar-refractivity contribution < 1.29 is 4.79 Å². The van der Waals surface area contributed by atoms with E-state index in [1.807, 2.05) is 19.3 Å². The Hall–Kier alpha value is -2.14. The number of amides is 1. The second-order valence-corrected chi connectivity index (χ2v) is 8.99. The minimum Gasteiger partial charge on any atom is -0.337 e. The highest BCUT2D eigenvalue weighted by Crippen LogP contribution is 2.40. The molecule has 4 atom stereocenters. The molecule has 2 aromatic rings. The van der Waals surface area contributed by atoms with Crippen LogP contribution in [-0.4, -0.2) is 57.2 Å². The van der Waals surface area contributed by atoms with Crippen molar-refractivity contribution >= 4 is 5.91 Å². The van der Waals surface area contributed by atoms with Gasteiger partial charge in [-0.2, -0.15) is 5.10 Å². The summed E-state index contributed by atoms with van der Waals surface area (Å²) in [6.07, 6.45) is 8.21. The van der Waals surface area contributed by atoms with E-state index in [0.717, 1.165) is 26.1 Å². The number of hydrogen-bond donors (Lipinski definition) is 0. The Labute approximate surface area is 167 Å². The maximum atomic E-state index is 12.9. The summed E-state index contributed by atoms with van der Waals surface area (Å²) < 4.78 is 1.72. The number of likely N-dealkylation sites (tertiary alicyclic amines) is 1. The molecule has 0 unspecified atom stereocenters. The standard InChI is InChI=1S/C23H30N4O/c1-25-11-10-21(24-25)23(28)26-14-18-12-19(16-26)22-9-5-8-20(27(22)15-18)13-17-6-3-2-4-7-17/h2-4,6-7,10-11,18-20,22H,5,8-9,12-16H2,1H3/t18-,19+,20+,22-/m0/s1. The minimum absolute atomic E-state index is 0.111. The van der Waals surface area contributed by atoms with E-state index in [1.54, 1.807) is 4.68 Å². The zero-order valence-corrected chi connectivity index (χ0v) is 16.7. The monoisotopic (exact) mass is 378 g/mol. The molecule has 0 N–H and O–H groups in total. The predicted octanol–water partition coefficient (Wildman–Crippen LogP) is 2.98. The van der Waals surface area contributed by atoms with Crippen LogP contribution in [0.1, 0.15) is 41.7 Å². The largest absolute Gasteiger partial charge is 0.337 e. The van der Waals surface area contributed by atoms with Crippen LogP contribution in [-0.2, 0) is 13.5 Å². The minimum atomic E-state index is 0.111. The third-order valence-corrected chi connectivity index (χ3v) is 7.05. The summed E-state index contributed by atoms with van der Waals surface area (Å²) in [4.78, 5) is 17.8. The van der Waals surface area contributed by atoms with Crippen molar-refractivity contribution in [2.45, 2.75) is 44.2 Å². The van der Waals surface area contributed by atoms with E-state index in [9.17, 15) is 4.79 Å². The van der Waals surface area contributed by atoms with Gasteiger partial charge >= 0.3 is 0 Å². The molecule has 1 aromatic heterocycles. The molecule has 0 aliphatic carbocycles. The average Bonchev–Trinajstić information content (AvgIpc) is 3.15. The number of benzene rings is 1. The fraction of sp³-hybridized carbons (Fsp3) is 0.565. The SMILES string of the molecule is Cn1ccc(C(=O)N2C[C@@H]3C[C@H](C2)[C@@H]2CCC[C@H](Cc4ccccc4)N2C3)n1. The van der Waals surface area contributed by atoms with Gasteiger partial charge in [-0.25, -0.2) is 0 Å². The van der Waals surface area contributed by atoms with Crippen LogP contribution < -0.4 is 0 Å². The van der Waals surface area contributed by atoms with Crippen LogP contribution in [0.2, 0.25) is 0 Å². The molecule has 5 rings (SSSR count). The van der Waals surface area contributed by atoms with Crippen molar-refractivity contribution in [2.75, 3.05) is 19.6 Å². The van der Waals surface area contributed by atoms with Gasteiger partial charge in [-0.3, -0.25) is 14.4 Å². The summed E-state index contributed by atoms with van der Waals surface area (Å²) in [6.45, 7) is 2.92. The second-order valence-electron chi connectivity index (χ2n) is 8.99. The van der Waals surface area contributed by atoms with Gasteiger partial charge in [0.2, 0.25) is 0 Å². The molecule has 5 heteroatoms. The van der Waals surface area contributed by atoms with Crippen molar-refractivity contribution in [1.29, 1.82) is 0 Å². The van der Waals surface area contributed by atoms with Crippen LogP contribution >= 0.6 is 0 Å². The molecular formula is C23H30N4O. The lowest BCUT2D eigenvalue weighted by atomic mass is 9.74. The smallest absolute Gasteiger partial charge is 0.274 e. The summed E-state index contributed by atoms with van der Waals surface area (Å²) in [5.74, 6) is 1.32. The lowest BCUT2D eigenvalue weighted by molar-refractivity contribution is -0.0499. The fourth-order valence-corrected chi connectivity index (χ4v) is 5.87. The van der Waals surface area contributed by atoms with Gasteiger partial charge < -0.3 is 4.90 Å². The third-order valence-electron chi connectivity index (χ3n) is 7.05. The van der Waals surface area contributed by atoms with Crippen LogP contribution in [0.5, 0.6) is 0 Å². The second kappa shape index (κ2) is 7.36. The van der Waals surface area contributed by atoms with E-state index >= 15 is 0 Å². The first-order chi connectivity index (χ1) is 13.7. The highest BCUT2D eigenvalue weighted by molar-refractivity contribution is 5.92. The zero-order chi connectivity index (χ0) is 19.1. The van der Waals surface area contributed by atoms with Crippen molar-refractivity contribution in [3.63, 3.8) is 0 Å². The van der Waals surface area contributed by atoms with E-state index in [2.05, 4.69) is 45.2 Å². The van der Waals surface area contributed by atoms with Crippen molar-refractivity contribution in [3.05, 3.63) is 53.9 Å². The number of piperidine rings is 3. The van der Waals surface area contributed by atoms with Crippen LogP contribution in [0.25, 0.3) is 0 Å². The highest BCUT2D eigenvalue weighted by Gasteiger charge is 2.45. The Bertz CT molecular complexity index is 832. The van der Waals surface area contributed by atoms with Crippen molar-refractivity contribution in [3.8, 4) is 0 Å². The molecule has 2 bridgehead atoms. The summed E-state index contributed by atoms with van der Waals surface area (Å²) in [7, 11) is 1.87. The predicted molar refractivity (Wildman–Crippen MR) is 109 cm³/mol. The van der Waals surface area contributed by atoms with E-state index in [0.29, 0.717) is 29.6 Å². The molecule has 3 saturated heterocycles. The number of carbonyl (C=O) groups is 1. The van der Waals surface area contributed by atoms with Gasteiger partial charge in [-0.05, 0) is 49.1 Å². The fourth-order valence-electron chi connectivity index (χ4n) is 5.87. The Morgan fingerprint density at radius 3 is 2.75 bits per heavy atom. The van der Waals surface area contributed by atoms with E-state index in [-0.39, 0.29) is 5.91 Å². The van der Waals surface area contributed by atoms with Gasteiger partial charge in [0.05, 0.1) is 0 Å². The van der Waals surface area contributed by atoms with Gasteiger partial charge in [-0.1, -0.05) is 36.8 Å². The molecule has 3 aliphatic rings. The summed E-state index contributed by atoms with van der Waals surface area (Å²) in [5, 5.41) is 4.34. The summed E-state index contributed by atoms with van der Waals surface area (Å²) in [6, 6.07) is 14.1. The van der Waals surface area contributed by atoms with Crippen molar-refractivity contribution in [1.82, 2.24) is 19.6 Å². The number of fused-ring (bicyclic) bond motifs is 4. The van der Waals surface area contributed by atoms with Crippen LogP contribution in [0.4, 0.5) is 0 Å².